The topological polar surface area (TPSA) is 95.0 Å². The molecular weight excluding hydrogens is 390 g/mol. The van der Waals surface area contributed by atoms with E-state index < -0.39 is 5.97 Å². The van der Waals surface area contributed by atoms with Gasteiger partial charge in [-0.3, -0.25) is 5.10 Å². The molecule has 0 aliphatic heterocycles. The van der Waals surface area contributed by atoms with Crippen LogP contribution in [0.4, 0.5) is 5.82 Å². The molecule has 0 fully saturated rings. The highest BCUT2D eigenvalue weighted by molar-refractivity contribution is 5.94. The molecule has 0 unspecified atom stereocenters. The van der Waals surface area contributed by atoms with Crippen molar-refractivity contribution in [3.05, 3.63) is 84.1 Å². The van der Waals surface area contributed by atoms with Gasteiger partial charge in [0.25, 0.3) is 0 Å². The number of carboxylic acid groups (broad SMARTS) is 1. The SMILES string of the molecule is CN(Cc1ccccc1)c1nc2cc(C(=O)O)ccc2nc1-c1ccc2[nH]ncc2c1. The number of aromatic carboxylic acids is 1. The summed E-state index contributed by atoms with van der Waals surface area (Å²) in [5, 5.41) is 17.4. The van der Waals surface area contributed by atoms with Crippen molar-refractivity contribution >= 4 is 33.7 Å². The number of rotatable bonds is 5. The Kier molecular flexibility index (Phi) is 4.55. The Hall–Kier alpha value is -4.26. The normalized spacial score (nSPS) is 11.1. The number of aromatic amines is 1. The molecule has 3 aromatic carbocycles. The van der Waals surface area contributed by atoms with E-state index in [2.05, 4.69) is 22.3 Å². The van der Waals surface area contributed by atoms with Gasteiger partial charge in [0.2, 0.25) is 0 Å². The molecule has 31 heavy (non-hydrogen) atoms. The second-order valence-electron chi connectivity index (χ2n) is 7.42. The number of H-pyrrole nitrogens is 1. The summed E-state index contributed by atoms with van der Waals surface area (Å²) in [4.78, 5) is 23.2. The first-order valence-corrected chi connectivity index (χ1v) is 9.82. The molecule has 0 amide bonds. The standard InChI is InChI=1S/C24H19N5O2/c1-29(14-15-5-3-2-4-6-15)23-22(16-7-9-19-18(11-16)13-25-28-19)26-20-10-8-17(24(30)31)12-21(20)27-23/h2-13H,14H2,1H3,(H,25,28)(H,30,31). The Balaban J connectivity index is 1.68. The molecule has 0 radical (unpaired) electrons. The lowest BCUT2D eigenvalue weighted by Gasteiger charge is -2.21. The third kappa shape index (κ3) is 3.57. The fourth-order valence-electron chi connectivity index (χ4n) is 3.66. The molecule has 0 atom stereocenters. The van der Waals surface area contributed by atoms with E-state index in [1.807, 2.05) is 48.3 Å². The molecular formula is C24H19N5O2. The Morgan fingerprint density at radius 3 is 2.65 bits per heavy atom. The molecule has 5 rings (SSSR count). The van der Waals surface area contributed by atoms with Crippen LogP contribution >= 0.6 is 0 Å². The molecule has 7 heteroatoms. The molecule has 2 N–H and O–H groups in total. The van der Waals surface area contributed by atoms with Crippen molar-refractivity contribution in [1.82, 2.24) is 20.2 Å². The first-order chi connectivity index (χ1) is 15.1. The number of hydrogen-bond acceptors (Lipinski definition) is 5. The Labute approximate surface area is 178 Å². The van der Waals surface area contributed by atoms with Crippen LogP contribution in [-0.4, -0.2) is 38.3 Å². The highest BCUT2D eigenvalue weighted by Crippen LogP contribution is 2.32. The minimum absolute atomic E-state index is 0.186. The highest BCUT2D eigenvalue weighted by atomic mass is 16.4. The van der Waals surface area contributed by atoms with E-state index in [-0.39, 0.29) is 5.56 Å². The quantitative estimate of drug-likeness (QED) is 0.444. The molecule has 152 valence electrons. The molecule has 7 nitrogen and oxygen atoms in total. The van der Waals surface area contributed by atoms with Crippen molar-refractivity contribution in [1.29, 1.82) is 0 Å². The van der Waals surface area contributed by atoms with Gasteiger partial charge in [0.15, 0.2) is 5.82 Å². The Morgan fingerprint density at radius 1 is 1.00 bits per heavy atom. The molecule has 0 saturated heterocycles. The van der Waals surface area contributed by atoms with Crippen LogP contribution in [0.3, 0.4) is 0 Å². The van der Waals surface area contributed by atoms with Crippen LogP contribution in [0, 0.1) is 0 Å². The second-order valence-corrected chi connectivity index (χ2v) is 7.42. The second kappa shape index (κ2) is 7.53. The number of carbonyl (C=O) groups is 1. The zero-order valence-electron chi connectivity index (χ0n) is 16.8. The monoisotopic (exact) mass is 409 g/mol. The van der Waals surface area contributed by atoms with Gasteiger partial charge in [0.1, 0.15) is 5.69 Å². The average Bonchev–Trinajstić information content (AvgIpc) is 3.26. The van der Waals surface area contributed by atoms with E-state index in [1.165, 1.54) is 0 Å². The number of anilines is 1. The van der Waals surface area contributed by atoms with Gasteiger partial charge in [-0.15, -0.1) is 0 Å². The van der Waals surface area contributed by atoms with Crippen molar-refractivity contribution in [2.75, 3.05) is 11.9 Å². The van der Waals surface area contributed by atoms with E-state index in [1.54, 1.807) is 24.4 Å². The van der Waals surface area contributed by atoms with Gasteiger partial charge in [-0.2, -0.15) is 5.10 Å². The largest absolute Gasteiger partial charge is 0.478 e. The zero-order valence-corrected chi connectivity index (χ0v) is 16.8. The number of nitrogens with zero attached hydrogens (tertiary/aromatic N) is 4. The fraction of sp³-hybridized carbons (Fsp3) is 0.0833. The smallest absolute Gasteiger partial charge is 0.335 e. The maximum Gasteiger partial charge on any atom is 0.335 e. The van der Waals surface area contributed by atoms with Crippen LogP contribution in [0.25, 0.3) is 33.2 Å². The zero-order chi connectivity index (χ0) is 21.4. The lowest BCUT2D eigenvalue weighted by Crippen LogP contribution is -2.19. The van der Waals surface area contributed by atoms with Crippen molar-refractivity contribution in [3.8, 4) is 11.3 Å². The van der Waals surface area contributed by atoms with Crippen molar-refractivity contribution in [3.63, 3.8) is 0 Å². The van der Waals surface area contributed by atoms with Crippen LogP contribution in [0.5, 0.6) is 0 Å². The highest BCUT2D eigenvalue weighted by Gasteiger charge is 2.17. The summed E-state index contributed by atoms with van der Waals surface area (Å²) in [6, 6.07) is 20.9. The minimum atomic E-state index is -0.989. The van der Waals surface area contributed by atoms with Gasteiger partial charge in [-0.05, 0) is 35.9 Å². The number of fused-ring (bicyclic) bond motifs is 2. The summed E-state index contributed by atoms with van der Waals surface area (Å²) in [5.74, 6) is -0.306. The van der Waals surface area contributed by atoms with Gasteiger partial charge in [-0.25, -0.2) is 14.8 Å². The fourth-order valence-corrected chi connectivity index (χ4v) is 3.66. The van der Waals surface area contributed by atoms with E-state index in [9.17, 15) is 9.90 Å². The third-order valence-corrected chi connectivity index (χ3v) is 5.23. The molecule has 0 aliphatic carbocycles. The molecule has 0 saturated carbocycles. The molecule has 2 heterocycles. The van der Waals surface area contributed by atoms with E-state index >= 15 is 0 Å². The van der Waals surface area contributed by atoms with Crippen molar-refractivity contribution in [2.24, 2.45) is 0 Å². The molecule has 0 bridgehead atoms. The van der Waals surface area contributed by atoms with Crippen LogP contribution < -0.4 is 4.90 Å². The third-order valence-electron chi connectivity index (χ3n) is 5.23. The lowest BCUT2D eigenvalue weighted by atomic mass is 10.1. The molecule has 0 aliphatic rings. The van der Waals surface area contributed by atoms with Gasteiger partial charge in [0, 0.05) is 24.5 Å². The number of hydrogen-bond donors (Lipinski definition) is 2. The number of carboxylic acids is 1. The van der Waals surface area contributed by atoms with Gasteiger partial charge in [-0.1, -0.05) is 36.4 Å². The van der Waals surface area contributed by atoms with Crippen molar-refractivity contribution < 1.29 is 9.90 Å². The van der Waals surface area contributed by atoms with Crippen molar-refractivity contribution in [2.45, 2.75) is 6.54 Å². The number of aromatic nitrogens is 4. The van der Waals surface area contributed by atoms with Gasteiger partial charge >= 0.3 is 5.97 Å². The lowest BCUT2D eigenvalue weighted by molar-refractivity contribution is 0.0697. The van der Waals surface area contributed by atoms with Crippen LogP contribution in [0.2, 0.25) is 0 Å². The molecule has 5 aromatic rings. The summed E-state index contributed by atoms with van der Waals surface area (Å²) in [5.41, 5.74) is 5.11. The first kappa shape index (κ1) is 18.7. The Bertz CT molecular complexity index is 1410. The van der Waals surface area contributed by atoms with Crippen LogP contribution in [-0.2, 0) is 6.54 Å². The van der Waals surface area contributed by atoms with Crippen LogP contribution in [0.1, 0.15) is 15.9 Å². The Morgan fingerprint density at radius 2 is 1.84 bits per heavy atom. The molecule has 2 aromatic heterocycles. The predicted octanol–water partition coefficient (Wildman–Crippen LogP) is 4.51. The van der Waals surface area contributed by atoms with E-state index in [4.69, 9.17) is 9.97 Å². The average molecular weight is 409 g/mol. The number of benzene rings is 3. The first-order valence-electron chi connectivity index (χ1n) is 9.82. The van der Waals surface area contributed by atoms with E-state index in [0.717, 1.165) is 27.7 Å². The maximum atomic E-state index is 11.4. The maximum absolute atomic E-state index is 11.4. The summed E-state index contributed by atoms with van der Waals surface area (Å²) in [7, 11) is 1.96. The van der Waals surface area contributed by atoms with Gasteiger partial charge < -0.3 is 10.0 Å². The van der Waals surface area contributed by atoms with Crippen LogP contribution in [0.15, 0.2) is 72.9 Å². The minimum Gasteiger partial charge on any atom is -0.478 e. The van der Waals surface area contributed by atoms with Gasteiger partial charge in [0.05, 0.1) is 28.3 Å². The summed E-state index contributed by atoms with van der Waals surface area (Å²) < 4.78 is 0. The summed E-state index contributed by atoms with van der Waals surface area (Å²) in [6.07, 6.45) is 1.78. The predicted molar refractivity (Wildman–Crippen MR) is 120 cm³/mol. The van der Waals surface area contributed by atoms with E-state index in [0.29, 0.717) is 23.4 Å². The summed E-state index contributed by atoms with van der Waals surface area (Å²) >= 11 is 0. The summed E-state index contributed by atoms with van der Waals surface area (Å²) in [6.45, 7) is 0.639. The molecule has 0 spiro atoms. The number of nitrogens with one attached hydrogen (secondary N) is 1.